The normalized spacial score (nSPS) is 15.0. The molecule has 0 radical (unpaired) electrons. The van der Waals surface area contributed by atoms with Gasteiger partial charge in [-0.1, -0.05) is 36.4 Å². The second kappa shape index (κ2) is 2.67. The number of amidine groups is 1. The predicted molar refractivity (Wildman–Crippen MR) is 67.5 cm³/mol. The van der Waals surface area contributed by atoms with Crippen LogP contribution in [0.3, 0.4) is 0 Å². The molecule has 2 aromatic carbocycles. The van der Waals surface area contributed by atoms with Crippen molar-refractivity contribution in [2.75, 3.05) is 0 Å². The second-order valence-corrected chi connectivity index (χ2v) is 3.96. The van der Waals surface area contributed by atoms with Gasteiger partial charge in [-0.3, -0.25) is 0 Å². The minimum absolute atomic E-state index is 0. The minimum Gasteiger partial charge on any atom is -0.228 e. The molecule has 2 aliphatic rings. The molecule has 2 aliphatic heterocycles. The van der Waals surface area contributed by atoms with Gasteiger partial charge >= 0.3 is 0 Å². The molecule has 2 aromatic rings. The third-order valence-electron chi connectivity index (χ3n) is 3.02. The molecule has 0 N–H and O–H groups in total. The zero-order chi connectivity index (χ0) is 10.5. The summed E-state index contributed by atoms with van der Waals surface area (Å²) in [6, 6.07) is 16.4. The fourth-order valence-corrected chi connectivity index (χ4v) is 2.32. The van der Waals surface area contributed by atoms with E-state index in [0.717, 1.165) is 16.9 Å². The zero-order valence-corrected chi connectivity index (χ0v) is 8.51. The highest BCUT2D eigenvalue weighted by Crippen LogP contribution is 2.33. The molecule has 0 amide bonds. The predicted octanol–water partition coefficient (Wildman–Crippen LogP) is 2.05. The van der Waals surface area contributed by atoms with Crippen LogP contribution < -0.4 is 10.6 Å². The third kappa shape index (κ3) is 0.865. The molecule has 16 heavy (non-hydrogen) atoms. The first-order valence-electron chi connectivity index (χ1n) is 5.30. The van der Waals surface area contributed by atoms with Gasteiger partial charge in [-0.15, -0.1) is 0 Å². The summed E-state index contributed by atoms with van der Waals surface area (Å²) in [5.41, 5.74) is 3.42. The summed E-state index contributed by atoms with van der Waals surface area (Å²) in [4.78, 5) is 9.08. The Balaban J connectivity index is 0.000000602. The first-order chi connectivity index (χ1) is 7.93. The van der Waals surface area contributed by atoms with Crippen LogP contribution in [0.5, 0.6) is 0 Å². The fourth-order valence-electron chi connectivity index (χ4n) is 2.32. The molecule has 2 heteroatoms. The van der Waals surface area contributed by atoms with Crippen molar-refractivity contribution in [1.29, 1.82) is 0 Å². The Labute approximate surface area is 95.3 Å². The van der Waals surface area contributed by atoms with Crippen molar-refractivity contribution in [3.05, 3.63) is 64.7 Å². The van der Waals surface area contributed by atoms with Crippen molar-refractivity contribution < 1.29 is 2.85 Å². The topological polar surface area (TPSA) is 24.7 Å². The summed E-state index contributed by atoms with van der Waals surface area (Å²) in [6.45, 7) is 0. The van der Waals surface area contributed by atoms with Crippen molar-refractivity contribution in [1.82, 2.24) is 0 Å². The lowest BCUT2D eigenvalue weighted by Crippen LogP contribution is -2.22. The number of nitrogens with zero attached hydrogens (tertiary/aromatic N) is 2. The van der Waals surface area contributed by atoms with E-state index in [-0.39, 0.29) is 2.85 Å². The van der Waals surface area contributed by atoms with Crippen molar-refractivity contribution >= 4 is 17.1 Å². The van der Waals surface area contributed by atoms with E-state index in [1.165, 1.54) is 16.4 Å². The summed E-state index contributed by atoms with van der Waals surface area (Å²) in [7, 11) is 0. The summed E-state index contributed by atoms with van der Waals surface area (Å²) >= 11 is 0. The van der Waals surface area contributed by atoms with Gasteiger partial charge in [0.1, 0.15) is 0 Å². The molecule has 0 spiro atoms. The molecule has 4 rings (SSSR count). The van der Waals surface area contributed by atoms with Crippen LogP contribution in [-0.4, -0.2) is 5.84 Å². The van der Waals surface area contributed by atoms with Crippen molar-refractivity contribution in [2.24, 2.45) is 9.98 Å². The highest BCUT2D eigenvalue weighted by atomic mass is 15.0. The maximum atomic E-state index is 4.54. The van der Waals surface area contributed by atoms with Crippen LogP contribution in [-0.2, 0) is 0 Å². The van der Waals surface area contributed by atoms with E-state index in [0.29, 0.717) is 0 Å². The average Bonchev–Trinajstić information content (AvgIpc) is 2.83. The lowest BCUT2D eigenvalue weighted by Gasteiger charge is -1.96. The SMILES string of the molecule is [HH].[HH].c1ccc2c(c1)N=C1N=c3ccccc3=C12. The molecule has 0 aliphatic carbocycles. The average molecular weight is 208 g/mol. The maximum Gasteiger partial charge on any atom is 0.161 e. The number of rotatable bonds is 0. The fraction of sp³-hybridized carbons (Fsp3) is 0. The van der Waals surface area contributed by atoms with E-state index in [1.807, 2.05) is 36.4 Å². The molecule has 0 fully saturated rings. The molecule has 0 saturated heterocycles. The highest BCUT2D eigenvalue weighted by Gasteiger charge is 2.23. The Bertz CT molecular complexity index is 763. The number of fused-ring (bicyclic) bond motifs is 4. The largest absolute Gasteiger partial charge is 0.228 e. The Kier molecular flexibility index (Phi) is 1.33. The summed E-state index contributed by atoms with van der Waals surface area (Å²) < 4.78 is 0. The van der Waals surface area contributed by atoms with Crippen LogP contribution >= 0.6 is 0 Å². The van der Waals surface area contributed by atoms with Gasteiger partial charge < -0.3 is 0 Å². The van der Waals surface area contributed by atoms with Crippen LogP contribution in [0.1, 0.15) is 8.42 Å². The molecule has 0 bridgehead atoms. The lowest BCUT2D eigenvalue weighted by atomic mass is 10.0. The molecular weight excluding hydrogens is 196 g/mol. The van der Waals surface area contributed by atoms with Gasteiger partial charge in [0.25, 0.3) is 0 Å². The first kappa shape index (κ1) is 7.99. The molecule has 78 valence electrons. The van der Waals surface area contributed by atoms with Crippen molar-refractivity contribution in [3.63, 3.8) is 0 Å². The minimum atomic E-state index is 0. The Morgan fingerprint density at radius 3 is 2.62 bits per heavy atom. The van der Waals surface area contributed by atoms with Gasteiger partial charge in [-0.25, -0.2) is 9.98 Å². The van der Waals surface area contributed by atoms with E-state index in [9.17, 15) is 0 Å². The van der Waals surface area contributed by atoms with Crippen LogP contribution in [0.4, 0.5) is 5.69 Å². The standard InChI is InChI=1S/C14H8N2.2H2/c1-3-7-11-9(5-1)13-10-6-2-4-8-12(10)16-14(13)15-11;;/h1-8H;2*1H. The molecular formula is C14H12N2. The number of aliphatic imine (C=N–C) groups is 1. The number of para-hydroxylation sites is 2. The van der Waals surface area contributed by atoms with Crippen LogP contribution in [0.2, 0.25) is 0 Å². The Morgan fingerprint density at radius 2 is 1.62 bits per heavy atom. The quantitative estimate of drug-likeness (QED) is 0.633. The highest BCUT2D eigenvalue weighted by molar-refractivity contribution is 6.28. The van der Waals surface area contributed by atoms with Crippen LogP contribution in [0.25, 0.3) is 5.57 Å². The molecule has 0 saturated carbocycles. The van der Waals surface area contributed by atoms with E-state index in [2.05, 4.69) is 22.1 Å². The van der Waals surface area contributed by atoms with Gasteiger partial charge in [0.05, 0.1) is 11.0 Å². The number of hydrogen-bond donors (Lipinski definition) is 0. The van der Waals surface area contributed by atoms with Crippen molar-refractivity contribution in [2.45, 2.75) is 0 Å². The summed E-state index contributed by atoms with van der Waals surface area (Å²) in [5.74, 6) is 0.863. The van der Waals surface area contributed by atoms with Crippen LogP contribution in [0, 0.1) is 0 Å². The maximum absolute atomic E-state index is 4.54. The van der Waals surface area contributed by atoms with Gasteiger partial charge in [0, 0.05) is 19.2 Å². The molecule has 2 heterocycles. The molecule has 0 aromatic heterocycles. The van der Waals surface area contributed by atoms with Gasteiger partial charge in [0.15, 0.2) is 5.84 Å². The van der Waals surface area contributed by atoms with Gasteiger partial charge in [0.2, 0.25) is 0 Å². The van der Waals surface area contributed by atoms with Gasteiger partial charge in [-0.2, -0.15) is 0 Å². The van der Waals surface area contributed by atoms with Gasteiger partial charge in [-0.05, 0) is 12.1 Å². The Morgan fingerprint density at radius 1 is 0.812 bits per heavy atom. The number of hydrogen-bond acceptors (Lipinski definition) is 2. The zero-order valence-electron chi connectivity index (χ0n) is 8.51. The lowest BCUT2D eigenvalue weighted by molar-refractivity contribution is 1.38. The summed E-state index contributed by atoms with van der Waals surface area (Å²) in [5, 5.41) is 2.23. The van der Waals surface area contributed by atoms with E-state index in [1.54, 1.807) is 0 Å². The van der Waals surface area contributed by atoms with Crippen molar-refractivity contribution in [3.8, 4) is 0 Å². The van der Waals surface area contributed by atoms with Crippen LogP contribution in [0.15, 0.2) is 58.5 Å². The summed E-state index contributed by atoms with van der Waals surface area (Å²) in [6.07, 6.45) is 0. The molecule has 0 atom stereocenters. The molecule has 0 unspecified atom stereocenters. The monoisotopic (exact) mass is 208 g/mol. The second-order valence-electron chi connectivity index (χ2n) is 3.96. The van der Waals surface area contributed by atoms with E-state index < -0.39 is 0 Å². The number of benzene rings is 2. The Hall–Kier alpha value is -2.22. The third-order valence-corrected chi connectivity index (χ3v) is 3.02. The molecule has 2 nitrogen and oxygen atoms in total. The van der Waals surface area contributed by atoms with E-state index >= 15 is 0 Å². The first-order valence-corrected chi connectivity index (χ1v) is 5.30. The smallest absolute Gasteiger partial charge is 0.161 e. The van der Waals surface area contributed by atoms with E-state index in [4.69, 9.17) is 0 Å².